The number of benzene rings is 2. The molecule has 1 heteroatoms. The van der Waals surface area contributed by atoms with E-state index in [-0.39, 0.29) is 6.10 Å². The molecule has 2 aromatic carbocycles. The standard InChI is InChI=1S/C10H12O.C8H8/c1-3-9(2)11-10-7-5-4-6-8-10;1-2-8-6-4-3-5-7-8/h3-9H,1H2,2H3;2-7H,1H2. The van der Waals surface area contributed by atoms with Crippen LogP contribution in [0.1, 0.15) is 12.5 Å². The van der Waals surface area contributed by atoms with Crippen LogP contribution in [-0.2, 0) is 0 Å². The third-order valence-corrected chi connectivity index (χ3v) is 2.43. The van der Waals surface area contributed by atoms with Gasteiger partial charge in [-0.1, -0.05) is 73.8 Å². The minimum Gasteiger partial charge on any atom is -0.487 e. The summed E-state index contributed by atoms with van der Waals surface area (Å²) in [6.07, 6.45) is 3.69. The van der Waals surface area contributed by atoms with Crippen LogP contribution >= 0.6 is 0 Å². The zero-order valence-electron chi connectivity index (χ0n) is 11.3. The van der Waals surface area contributed by atoms with E-state index in [1.807, 2.05) is 73.7 Å². The number of rotatable bonds is 4. The molecular weight excluding hydrogens is 232 g/mol. The Labute approximate surface area is 115 Å². The molecule has 0 spiro atoms. The zero-order chi connectivity index (χ0) is 13.9. The fourth-order valence-corrected chi connectivity index (χ4v) is 1.35. The summed E-state index contributed by atoms with van der Waals surface area (Å²) in [7, 11) is 0. The predicted octanol–water partition coefficient (Wildman–Crippen LogP) is 4.97. The van der Waals surface area contributed by atoms with Crippen LogP contribution in [0.2, 0.25) is 0 Å². The Balaban J connectivity index is 0.000000200. The molecule has 0 radical (unpaired) electrons. The average Bonchev–Trinajstić information content (AvgIpc) is 2.49. The van der Waals surface area contributed by atoms with Gasteiger partial charge in [0.15, 0.2) is 0 Å². The van der Waals surface area contributed by atoms with Gasteiger partial charge in [-0.15, -0.1) is 0 Å². The van der Waals surface area contributed by atoms with E-state index in [1.165, 1.54) is 5.56 Å². The van der Waals surface area contributed by atoms with Crippen molar-refractivity contribution in [2.75, 3.05) is 0 Å². The predicted molar refractivity (Wildman–Crippen MR) is 83.3 cm³/mol. The van der Waals surface area contributed by atoms with E-state index >= 15 is 0 Å². The van der Waals surface area contributed by atoms with E-state index in [0.717, 1.165) is 5.75 Å². The highest BCUT2D eigenvalue weighted by Crippen LogP contribution is 2.10. The number of ether oxygens (including phenoxy) is 1. The second-order valence-electron chi connectivity index (χ2n) is 3.99. The molecule has 0 aromatic heterocycles. The smallest absolute Gasteiger partial charge is 0.120 e. The van der Waals surface area contributed by atoms with Gasteiger partial charge in [-0.3, -0.25) is 0 Å². The summed E-state index contributed by atoms with van der Waals surface area (Å²) in [5.41, 5.74) is 1.17. The second-order valence-corrected chi connectivity index (χ2v) is 3.99. The van der Waals surface area contributed by atoms with Crippen LogP contribution in [-0.4, -0.2) is 6.10 Å². The van der Waals surface area contributed by atoms with Crippen molar-refractivity contribution in [1.82, 2.24) is 0 Å². The maximum Gasteiger partial charge on any atom is 0.120 e. The molecule has 0 saturated heterocycles. The van der Waals surface area contributed by atoms with Crippen molar-refractivity contribution in [2.24, 2.45) is 0 Å². The molecule has 2 rings (SSSR count). The van der Waals surface area contributed by atoms with Crippen molar-refractivity contribution < 1.29 is 4.74 Å². The number of para-hydroxylation sites is 1. The van der Waals surface area contributed by atoms with Crippen LogP contribution in [0.3, 0.4) is 0 Å². The summed E-state index contributed by atoms with van der Waals surface area (Å²) in [5, 5.41) is 0. The van der Waals surface area contributed by atoms with Gasteiger partial charge < -0.3 is 4.74 Å². The molecule has 2 aromatic rings. The van der Waals surface area contributed by atoms with Crippen molar-refractivity contribution >= 4 is 6.08 Å². The molecule has 1 atom stereocenters. The van der Waals surface area contributed by atoms with Crippen molar-refractivity contribution in [3.63, 3.8) is 0 Å². The summed E-state index contributed by atoms with van der Waals surface area (Å²) < 4.78 is 5.45. The van der Waals surface area contributed by atoms with E-state index < -0.39 is 0 Å². The van der Waals surface area contributed by atoms with Gasteiger partial charge >= 0.3 is 0 Å². The van der Waals surface area contributed by atoms with Crippen LogP contribution in [0.25, 0.3) is 6.08 Å². The molecule has 0 N–H and O–H groups in total. The lowest BCUT2D eigenvalue weighted by Gasteiger charge is -2.09. The Hall–Kier alpha value is -2.28. The fourth-order valence-electron chi connectivity index (χ4n) is 1.35. The largest absolute Gasteiger partial charge is 0.487 e. The van der Waals surface area contributed by atoms with Gasteiger partial charge in [0.1, 0.15) is 11.9 Å². The first-order chi connectivity index (χ1) is 9.26. The third kappa shape index (κ3) is 6.27. The van der Waals surface area contributed by atoms with Crippen molar-refractivity contribution in [3.05, 3.63) is 85.5 Å². The maximum atomic E-state index is 5.45. The van der Waals surface area contributed by atoms with Crippen LogP contribution in [0.4, 0.5) is 0 Å². The Morgan fingerprint density at radius 3 is 1.84 bits per heavy atom. The lowest BCUT2D eigenvalue weighted by Crippen LogP contribution is -2.06. The normalized spacial score (nSPS) is 10.6. The summed E-state index contributed by atoms with van der Waals surface area (Å²) in [5.74, 6) is 0.889. The summed E-state index contributed by atoms with van der Waals surface area (Å²) in [6, 6.07) is 19.8. The van der Waals surface area contributed by atoms with E-state index in [1.54, 1.807) is 6.08 Å². The Bertz CT molecular complexity index is 474. The number of hydrogen-bond acceptors (Lipinski definition) is 1. The highest BCUT2D eigenvalue weighted by Gasteiger charge is 1.95. The molecular formula is C18H20O. The van der Waals surface area contributed by atoms with Crippen LogP contribution in [0.5, 0.6) is 5.75 Å². The van der Waals surface area contributed by atoms with Gasteiger partial charge in [0.25, 0.3) is 0 Å². The van der Waals surface area contributed by atoms with E-state index in [4.69, 9.17) is 4.74 Å². The van der Waals surface area contributed by atoms with E-state index in [9.17, 15) is 0 Å². The van der Waals surface area contributed by atoms with Gasteiger partial charge in [0, 0.05) is 0 Å². The summed E-state index contributed by atoms with van der Waals surface area (Å²) in [6.45, 7) is 9.22. The third-order valence-electron chi connectivity index (χ3n) is 2.43. The minimum absolute atomic E-state index is 0.0809. The van der Waals surface area contributed by atoms with Crippen LogP contribution in [0, 0.1) is 0 Å². The van der Waals surface area contributed by atoms with Gasteiger partial charge in [-0.25, -0.2) is 0 Å². The highest BCUT2D eigenvalue weighted by molar-refractivity contribution is 5.45. The monoisotopic (exact) mass is 252 g/mol. The van der Waals surface area contributed by atoms with Gasteiger partial charge in [0.2, 0.25) is 0 Å². The SMILES string of the molecule is C=CC(C)Oc1ccccc1.C=Cc1ccccc1. The van der Waals surface area contributed by atoms with Gasteiger partial charge in [0.05, 0.1) is 0 Å². The minimum atomic E-state index is 0.0809. The molecule has 1 unspecified atom stereocenters. The lowest BCUT2D eigenvalue weighted by atomic mass is 10.2. The summed E-state index contributed by atoms with van der Waals surface area (Å²) in [4.78, 5) is 0. The molecule has 0 amide bonds. The Morgan fingerprint density at radius 2 is 1.42 bits per heavy atom. The van der Waals surface area contributed by atoms with Crippen LogP contribution < -0.4 is 4.74 Å². The topological polar surface area (TPSA) is 9.23 Å². The van der Waals surface area contributed by atoms with Crippen molar-refractivity contribution in [1.29, 1.82) is 0 Å². The molecule has 0 aliphatic rings. The molecule has 0 aliphatic carbocycles. The van der Waals surface area contributed by atoms with Gasteiger partial charge in [-0.2, -0.15) is 0 Å². The lowest BCUT2D eigenvalue weighted by molar-refractivity contribution is 0.270. The second kappa shape index (κ2) is 8.76. The molecule has 0 fully saturated rings. The Kier molecular flexibility index (Phi) is 6.81. The molecule has 98 valence electrons. The first-order valence-electron chi connectivity index (χ1n) is 6.28. The summed E-state index contributed by atoms with van der Waals surface area (Å²) >= 11 is 0. The molecule has 0 saturated carbocycles. The maximum absolute atomic E-state index is 5.45. The first-order valence-corrected chi connectivity index (χ1v) is 6.28. The van der Waals surface area contributed by atoms with Gasteiger partial charge in [-0.05, 0) is 24.6 Å². The van der Waals surface area contributed by atoms with E-state index in [2.05, 4.69) is 13.2 Å². The number of hydrogen-bond donors (Lipinski definition) is 0. The first kappa shape index (κ1) is 14.8. The van der Waals surface area contributed by atoms with Crippen LogP contribution in [0.15, 0.2) is 79.9 Å². The fraction of sp³-hybridized carbons (Fsp3) is 0.111. The quantitative estimate of drug-likeness (QED) is 0.698. The van der Waals surface area contributed by atoms with Crippen molar-refractivity contribution in [2.45, 2.75) is 13.0 Å². The highest BCUT2D eigenvalue weighted by atomic mass is 16.5. The molecule has 0 heterocycles. The molecule has 1 nitrogen and oxygen atoms in total. The molecule has 0 bridgehead atoms. The average molecular weight is 252 g/mol. The zero-order valence-corrected chi connectivity index (χ0v) is 11.3. The Morgan fingerprint density at radius 1 is 0.895 bits per heavy atom. The van der Waals surface area contributed by atoms with E-state index in [0.29, 0.717) is 0 Å². The molecule has 19 heavy (non-hydrogen) atoms. The molecule has 0 aliphatic heterocycles. The van der Waals surface area contributed by atoms with Crippen molar-refractivity contribution in [3.8, 4) is 5.75 Å².